The first kappa shape index (κ1) is 16.1. The van der Waals surface area contributed by atoms with E-state index in [1.54, 1.807) is 12.1 Å². The first-order valence-electron chi connectivity index (χ1n) is 6.69. The van der Waals surface area contributed by atoms with Crippen molar-refractivity contribution in [3.8, 4) is 5.88 Å². The standard InChI is InChI=1S/C12H15BN2O7/c16-11(17)7-8-4-5-9(13(19)22-8)14-12(18)21-10-3-1-2-6-15(10)20/h1-3,6,8-9,19H,4-5,7H2,(H2-,14,16,17,18,20)/p+1/t8-,9-/m0/s1. The molecule has 1 saturated heterocycles. The number of hydrogen-bond donors (Lipinski definition) is 4. The van der Waals surface area contributed by atoms with Crippen LogP contribution in [0.1, 0.15) is 19.3 Å². The number of amides is 1. The molecule has 0 spiro atoms. The van der Waals surface area contributed by atoms with Crippen molar-refractivity contribution in [3.63, 3.8) is 0 Å². The van der Waals surface area contributed by atoms with E-state index < -0.39 is 31.2 Å². The molecule has 9 nitrogen and oxygen atoms in total. The lowest BCUT2D eigenvalue weighted by atomic mass is 9.72. The van der Waals surface area contributed by atoms with Gasteiger partial charge in [0.1, 0.15) is 0 Å². The highest BCUT2D eigenvalue weighted by Gasteiger charge is 2.37. The molecule has 1 aromatic heterocycles. The van der Waals surface area contributed by atoms with E-state index in [0.29, 0.717) is 17.6 Å². The van der Waals surface area contributed by atoms with Gasteiger partial charge >= 0.3 is 25.1 Å². The molecule has 1 aromatic rings. The number of nitrogens with zero attached hydrogens (tertiary/aromatic N) is 1. The second-order valence-electron chi connectivity index (χ2n) is 4.85. The van der Waals surface area contributed by atoms with Crippen molar-refractivity contribution in [2.24, 2.45) is 0 Å². The van der Waals surface area contributed by atoms with Crippen LogP contribution in [-0.2, 0) is 9.45 Å². The van der Waals surface area contributed by atoms with Gasteiger partial charge in [-0.2, -0.15) is 0 Å². The monoisotopic (exact) mass is 311 g/mol. The quantitative estimate of drug-likeness (QED) is 0.330. The number of aromatic nitrogens is 1. The summed E-state index contributed by atoms with van der Waals surface area (Å²) in [5.74, 6) is -1.82. The molecule has 0 aromatic carbocycles. The highest BCUT2D eigenvalue weighted by Crippen LogP contribution is 2.18. The Balaban J connectivity index is 1.85. The third kappa shape index (κ3) is 4.33. The lowest BCUT2D eigenvalue weighted by Crippen LogP contribution is -2.53. The Hall–Kier alpha value is -2.33. The number of ether oxygens (including phenoxy) is 1. The van der Waals surface area contributed by atoms with Crippen molar-refractivity contribution < 1.29 is 39.0 Å². The van der Waals surface area contributed by atoms with Crippen LogP contribution in [0.25, 0.3) is 0 Å². The molecule has 118 valence electrons. The Kier molecular flexibility index (Phi) is 5.18. The summed E-state index contributed by atoms with van der Waals surface area (Å²) in [6.45, 7) is 0. The lowest BCUT2D eigenvalue weighted by Gasteiger charge is -2.30. The van der Waals surface area contributed by atoms with E-state index in [2.05, 4.69) is 5.32 Å². The smallest absolute Gasteiger partial charge is 0.478 e. The third-order valence-corrected chi connectivity index (χ3v) is 3.18. The molecule has 0 aliphatic carbocycles. The molecule has 10 heteroatoms. The third-order valence-electron chi connectivity index (χ3n) is 3.18. The van der Waals surface area contributed by atoms with Gasteiger partial charge in [0.15, 0.2) is 0 Å². The summed E-state index contributed by atoms with van der Waals surface area (Å²) in [6.07, 6.45) is 0.371. The van der Waals surface area contributed by atoms with E-state index in [4.69, 9.17) is 14.5 Å². The number of carboxylic acid groups (broad SMARTS) is 1. The predicted octanol–water partition coefficient (Wildman–Crippen LogP) is -0.658. The van der Waals surface area contributed by atoms with Crippen molar-refractivity contribution in [3.05, 3.63) is 24.4 Å². The molecule has 2 heterocycles. The van der Waals surface area contributed by atoms with Gasteiger partial charge in [-0.05, 0) is 18.9 Å². The van der Waals surface area contributed by atoms with Crippen molar-refractivity contribution in [2.75, 3.05) is 0 Å². The average Bonchev–Trinajstić information content (AvgIpc) is 2.44. The maximum absolute atomic E-state index is 11.7. The number of rotatable bonds is 4. The largest absolute Gasteiger partial charge is 0.481 e. The molecule has 22 heavy (non-hydrogen) atoms. The fraction of sp³-hybridized carbons (Fsp3) is 0.417. The van der Waals surface area contributed by atoms with E-state index >= 15 is 0 Å². The summed E-state index contributed by atoms with van der Waals surface area (Å²) in [5, 5.41) is 30.3. The minimum absolute atomic E-state index is 0.0880. The Morgan fingerprint density at radius 2 is 2.23 bits per heavy atom. The van der Waals surface area contributed by atoms with Crippen LogP contribution in [0, 0.1) is 0 Å². The molecule has 2 rings (SSSR count). The topological polar surface area (TPSA) is 129 Å². The molecule has 1 amide bonds. The van der Waals surface area contributed by atoms with E-state index in [9.17, 15) is 19.8 Å². The van der Waals surface area contributed by atoms with Crippen molar-refractivity contribution >= 4 is 19.2 Å². The first-order valence-corrected chi connectivity index (χ1v) is 6.69. The summed E-state index contributed by atoms with van der Waals surface area (Å²) < 4.78 is 10.7. The van der Waals surface area contributed by atoms with Crippen LogP contribution in [0.3, 0.4) is 0 Å². The molecule has 1 aliphatic heterocycles. The summed E-state index contributed by atoms with van der Waals surface area (Å²) in [6, 6.07) is 4.51. The van der Waals surface area contributed by atoms with Crippen LogP contribution in [0.2, 0.25) is 0 Å². The maximum Gasteiger partial charge on any atom is 0.478 e. The average molecular weight is 311 g/mol. The van der Waals surface area contributed by atoms with Crippen LogP contribution < -0.4 is 14.8 Å². The van der Waals surface area contributed by atoms with Gasteiger partial charge in [0.05, 0.1) is 24.5 Å². The molecule has 0 unspecified atom stereocenters. The minimum atomic E-state index is -1.32. The zero-order chi connectivity index (χ0) is 16.1. The van der Waals surface area contributed by atoms with Gasteiger partial charge in [-0.1, -0.05) is 0 Å². The van der Waals surface area contributed by atoms with Gasteiger partial charge in [0, 0.05) is 10.8 Å². The Morgan fingerprint density at radius 1 is 1.45 bits per heavy atom. The molecule has 0 saturated carbocycles. The molecular weight excluding hydrogens is 295 g/mol. The number of pyridine rings is 1. The van der Waals surface area contributed by atoms with Gasteiger partial charge in [-0.3, -0.25) is 10.0 Å². The predicted molar refractivity (Wildman–Crippen MR) is 71.1 cm³/mol. The first-order chi connectivity index (χ1) is 10.5. The van der Waals surface area contributed by atoms with Crippen LogP contribution in [-0.4, -0.2) is 46.6 Å². The normalized spacial score (nSPS) is 21.2. The Bertz CT molecular complexity index is 556. The minimum Gasteiger partial charge on any atom is -0.481 e. The number of carboxylic acids is 1. The number of nitrogens with one attached hydrogen (secondary N) is 1. The van der Waals surface area contributed by atoms with Crippen molar-refractivity contribution in [1.29, 1.82) is 0 Å². The van der Waals surface area contributed by atoms with Crippen molar-refractivity contribution in [2.45, 2.75) is 31.3 Å². The molecule has 4 N–H and O–H groups in total. The van der Waals surface area contributed by atoms with E-state index in [1.165, 1.54) is 12.3 Å². The summed E-state index contributed by atoms with van der Waals surface area (Å²) >= 11 is 0. The molecule has 1 fully saturated rings. The summed E-state index contributed by atoms with van der Waals surface area (Å²) in [4.78, 5) is 22.3. The maximum atomic E-state index is 11.7. The van der Waals surface area contributed by atoms with E-state index in [1.807, 2.05) is 0 Å². The zero-order valence-electron chi connectivity index (χ0n) is 11.6. The Labute approximate surface area is 126 Å². The number of carbonyl (C=O) groups excluding carboxylic acids is 1. The second kappa shape index (κ2) is 7.10. The van der Waals surface area contributed by atoms with Crippen LogP contribution in [0.5, 0.6) is 5.88 Å². The van der Waals surface area contributed by atoms with Crippen LogP contribution >= 0.6 is 0 Å². The molecule has 1 aliphatic rings. The highest BCUT2D eigenvalue weighted by atomic mass is 16.6. The molecular formula is C12H16BN2O7+. The summed E-state index contributed by atoms with van der Waals surface area (Å²) in [5.41, 5.74) is 0. The molecule has 0 bridgehead atoms. The SMILES string of the molecule is O=C(O)C[C@@H]1CC[C@H](NC(=O)Oc2cccc[n+]2O)B(O)O1. The summed E-state index contributed by atoms with van der Waals surface area (Å²) in [7, 11) is -1.32. The zero-order valence-corrected chi connectivity index (χ0v) is 11.6. The second-order valence-corrected chi connectivity index (χ2v) is 4.85. The lowest BCUT2D eigenvalue weighted by molar-refractivity contribution is -0.905. The number of carbonyl (C=O) groups is 2. The van der Waals surface area contributed by atoms with E-state index in [0.717, 1.165) is 0 Å². The number of hydrogen-bond acceptors (Lipinski definition) is 6. The van der Waals surface area contributed by atoms with Crippen LogP contribution in [0.4, 0.5) is 4.79 Å². The van der Waals surface area contributed by atoms with Gasteiger partial charge in [-0.25, -0.2) is 4.79 Å². The fourth-order valence-electron chi connectivity index (χ4n) is 2.13. The van der Waals surface area contributed by atoms with Crippen molar-refractivity contribution in [1.82, 2.24) is 5.32 Å². The molecule has 0 radical (unpaired) electrons. The van der Waals surface area contributed by atoms with Gasteiger partial charge < -0.3 is 24.8 Å². The highest BCUT2D eigenvalue weighted by molar-refractivity contribution is 6.45. The fourth-order valence-corrected chi connectivity index (χ4v) is 2.13. The van der Waals surface area contributed by atoms with E-state index in [-0.39, 0.29) is 12.3 Å². The Morgan fingerprint density at radius 3 is 2.86 bits per heavy atom. The number of aliphatic carboxylic acids is 1. The van der Waals surface area contributed by atoms with Gasteiger partial charge in [0.25, 0.3) is 0 Å². The van der Waals surface area contributed by atoms with Gasteiger partial charge in [-0.15, -0.1) is 0 Å². The van der Waals surface area contributed by atoms with Gasteiger partial charge in [0.2, 0.25) is 6.20 Å². The van der Waals surface area contributed by atoms with Crippen LogP contribution in [0.15, 0.2) is 24.4 Å². The molecule has 2 atom stereocenters.